The molecule has 17 heavy (non-hydrogen) atoms. The second-order valence-corrected chi connectivity index (χ2v) is 4.66. The molecule has 0 spiro atoms. The van der Waals surface area contributed by atoms with E-state index in [4.69, 9.17) is 5.26 Å². The Hall–Kier alpha value is -1.68. The number of thiazole rings is 1. The van der Waals surface area contributed by atoms with Crippen LogP contribution in [0.4, 0.5) is 0 Å². The van der Waals surface area contributed by atoms with Crippen molar-refractivity contribution in [1.29, 1.82) is 5.26 Å². The molecule has 0 aliphatic rings. The third-order valence-corrected chi connectivity index (χ3v) is 3.30. The molecule has 0 aliphatic heterocycles. The van der Waals surface area contributed by atoms with Gasteiger partial charge in [-0.05, 0) is 17.7 Å². The molecule has 1 aromatic carbocycles. The van der Waals surface area contributed by atoms with Gasteiger partial charge in [0, 0.05) is 0 Å². The van der Waals surface area contributed by atoms with E-state index in [1.807, 2.05) is 0 Å². The van der Waals surface area contributed by atoms with Crippen molar-refractivity contribution < 1.29 is 10.2 Å². The Morgan fingerprint density at radius 2 is 2.24 bits per heavy atom. The minimum absolute atomic E-state index is 0.136. The minimum atomic E-state index is -1.12. The number of H-pyrrole nitrogens is 1. The van der Waals surface area contributed by atoms with E-state index in [9.17, 15) is 15.0 Å². The third kappa shape index (κ3) is 2.36. The van der Waals surface area contributed by atoms with Gasteiger partial charge >= 0.3 is 4.87 Å². The van der Waals surface area contributed by atoms with E-state index in [1.54, 1.807) is 24.3 Å². The number of fused-ring (bicyclic) bond motifs is 1. The minimum Gasteiger partial charge on any atom is -0.389 e. The molecular weight excluding hydrogens is 240 g/mol. The number of benzene rings is 1. The first-order chi connectivity index (χ1) is 8.11. The second-order valence-electron chi connectivity index (χ2n) is 3.64. The molecule has 0 amide bonds. The van der Waals surface area contributed by atoms with Crippen LogP contribution in [0.5, 0.6) is 0 Å². The summed E-state index contributed by atoms with van der Waals surface area (Å²) in [5.41, 5.74) is 1.20. The van der Waals surface area contributed by atoms with Crippen molar-refractivity contribution in [3.8, 4) is 6.07 Å². The van der Waals surface area contributed by atoms with Crippen molar-refractivity contribution in [2.24, 2.45) is 0 Å². The first-order valence-electron chi connectivity index (χ1n) is 4.97. The van der Waals surface area contributed by atoms with Crippen LogP contribution in [0.15, 0.2) is 23.0 Å². The number of nitrogens with zero attached hydrogens (tertiary/aromatic N) is 1. The molecule has 0 fully saturated rings. The average Bonchev–Trinajstić information content (AvgIpc) is 2.67. The molecule has 5 nitrogen and oxygen atoms in total. The number of rotatable bonds is 3. The fourth-order valence-electron chi connectivity index (χ4n) is 1.57. The third-order valence-electron chi connectivity index (χ3n) is 2.45. The van der Waals surface area contributed by atoms with E-state index in [0.717, 1.165) is 16.0 Å². The van der Waals surface area contributed by atoms with Crippen molar-refractivity contribution in [2.75, 3.05) is 0 Å². The second kappa shape index (κ2) is 4.67. The van der Waals surface area contributed by atoms with Gasteiger partial charge in [0.1, 0.15) is 6.10 Å². The molecule has 3 N–H and O–H groups in total. The molecule has 0 radical (unpaired) electrons. The molecule has 0 saturated heterocycles. The highest BCUT2D eigenvalue weighted by atomic mass is 32.1. The van der Waals surface area contributed by atoms with Crippen LogP contribution in [0.2, 0.25) is 0 Å². The number of aromatic nitrogens is 1. The van der Waals surface area contributed by atoms with Crippen molar-refractivity contribution in [3.63, 3.8) is 0 Å². The number of nitriles is 1. The lowest BCUT2D eigenvalue weighted by Crippen LogP contribution is -2.17. The maximum Gasteiger partial charge on any atom is 0.305 e. The van der Waals surface area contributed by atoms with Gasteiger partial charge in [0.15, 0.2) is 0 Å². The van der Waals surface area contributed by atoms with Gasteiger partial charge in [-0.1, -0.05) is 17.4 Å². The molecule has 6 heteroatoms. The highest BCUT2D eigenvalue weighted by Gasteiger charge is 2.18. The Balaban J connectivity index is 2.36. The maximum atomic E-state index is 11.1. The molecule has 2 unspecified atom stereocenters. The van der Waals surface area contributed by atoms with Crippen LogP contribution in [0, 0.1) is 11.3 Å². The first kappa shape index (κ1) is 11.8. The molecule has 0 saturated carbocycles. The molecule has 2 aromatic rings. The SMILES string of the molecule is N#CCC(O)C(O)c1ccc2[nH]c(=O)sc2c1. The zero-order chi connectivity index (χ0) is 12.4. The highest BCUT2D eigenvalue weighted by molar-refractivity contribution is 7.16. The van der Waals surface area contributed by atoms with E-state index in [-0.39, 0.29) is 11.3 Å². The monoisotopic (exact) mass is 250 g/mol. The van der Waals surface area contributed by atoms with Crippen LogP contribution >= 0.6 is 11.3 Å². The summed E-state index contributed by atoms with van der Waals surface area (Å²) in [6.45, 7) is 0. The van der Waals surface area contributed by atoms with Crippen LogP contribution in [0.1, 0.15) is 18.1 Å². The molecule has 88 valence electrons. The number of aliphatic hydroxyl groups is 2. The number of hydrogen-bond donors (Lipinski definition) is 3. The van der Waals surface area contributed by atoms with Crippen molar-refractivity contribution in [3.05, 3.63) is 33.4 Å². The van der Waals surface area contributed by atoms with Crippen molar-refractivity contribution in [2.45, 2.75) is 18.6 Å². The van der Waals surface area contributed by atoms with Gasteiger partial charge in [0.25, 0.3) is 0 Å². The fraction of sp³-hybridized carbons (Fsp3) is 0.273. The van der Waals surface area contributed by atoms with E-state index < -0.39 is 12.2 Å². The van der Waals surface area contributed by atoms with Gasteiger partial charge in [-0.3, -0.25) is 4.79 Å². The van der Waals surface area contributed by atoms with E-state index >= 15 is 0 Å². The number of hydrogen-bond acceptors (Lipinski definition) is 5. The molecule has 2 atom stereocenters. The maximum absolute atomic E-state index is 11.1. The highest BCUT2D eigenvalue weighted by Crippen LogP contribution is 2.23. The summed E-state index contributed by atoms with van der Waals surface area (Å²) >= 11 is 1.04. The number of nitrogens with one attached hydrogen (secondary N) is 1. The van der Waals surface area contributed by atoms with E-state index in [1.165, 1.54) is 0 Å². The lowest BCUT2D eigenvalue weighted by atomic mass is 10.0. The first-order valence-corrected chi connectivity index (χ1v) is 5.79. The van der Waals surface area contributed by atoms with E-state index in [2.05, 4.69) is 4.98 Å². The summed E-state index contributed by atoms with van der Waals surface area (Å²) in [6, 6.07) is 6.73. The predicted molar refractivity (Wildman–Crippen MR) is 63.6 cm³/mol. The number of aromatic amines is 1. The molecule has 1 heterocycles. The van der Waals surface area contributed by atoms with E-state index in [0.29, 0.717) is 11.1 Å². The number of aliphatic hydroxyl groups excluding tert-OH is 2. The summed E-state index contributed by atoms with van der Waals surface area (Å²) < 4.78 is 0.718. The van der Waals surface area contributed by atoms with Gasteiger partial charge in [-0.2, -0.15) is 5.26 Å². The van der Waals surface area contributed by atoms with Crippen LogP contribution in [0.25, 0.3) is 10.2 Å². The van der Waals surface area contributed by atoms with Gasteiger partial charge in [-0.25, -0.2) is 0 Å². The predicted octanol–water partition coefficient (Wildman–Crippen LogP) is 0.898. The summed E-state index contributed by atoms with van der Waals surface area (Å²) in [6.07, 6.45) is -2.37. The molecule has 1 aromatic heterocycles. The summed E-state index contributed by atoms with van der Waals surface area (Å²) in [5.74, 6) is 0. The average molecular weight is 250 g/mol. The smallest absolute Gasteiger partial charge is 0.305 e. The Kier molecular flexibility index (Phi) is 3.24. The molecule has 0 aliphatic carbocycles. The van der Waals surface area contributed by atoms with Crippen molar-refractivity contribution >= 4 is 21.6 Å². The van der Waals surface area contributed by atoms with Crippen LogP contribution in [0.3, 0.4) is 0 Å². The Morgan fingerprint density at radius 3 is 2.94 bits per heavy atom. The van der Waals surface area contributed by atoms with Gasteiger partial charge < -0.3 is 15.2 Å². The van der Waals surface area contributed by atoms with Crippen molar-refractivity contribution in [1.82, 2.24) is 4.98 Å². The fourth-order valence-corrected chi connectivity index (χ4v) is 2.36. The Labute approximate surface area is 101 Å². The largest absolute Gasteiger partial charge is 0.389 e. The molecular formula is C11H10N2O3S. The molecule has 2 rings (SSSR count). The quantitative estimate of drug-likeness (QED) is 0.753. The summed E-state index contributed by atoms with van der Waals surface area (Å²) in [7, 11) is 0. The standard InChI is InChI=1S/C11H10N2O3S/c12-4-3-8(14)10(15)6-1-2-7-9(5-6)17-11(16)13-7/h1-2,5,8,10,14-15H,3H2,(H,13,16). The zero-order valence-corrected chi connectivity index (χ0v) is 9.57. The zero-order valence-electron chi connectivity index (χ0n) is 8.75. The topological polar surface area (TPSA) is 97.1 Å². The lowest BCUT2D eigenvalue weighted by molar-refractivity contribution is 0.0217. The molecule has 0 bridgehead atoms. The van der Waals surface area contributed by atoms with Gasteiger partial charge in [0.2, 0.25) is 0 Å². The Bertz CT molecular complexity index is 625. The summed E-state index contributed by atoms with van der Waals surface area (Å²) in [4.78, 5) is 13.6. The van der Waals surface area contributed by atoms with Crippen LogP contribution in [-0.4, -0.2) is 21.3 Å². The normalized spacial score (nSPS) is 14.4. The van der Waals surface area contributed by atoms with Crippen LogP contribution < -0.4 is 4.87 Å². The summed E-state index contributed by atoms with van der Waals surface area (Å²) in [5, 5.41) is 27.8. The van der Waals surface area contributed by atoms with Gasteiger partial charge in [0.05, 0.1) is 28.8 Å². The van der Waals surface area contributed by atoms with Crippen LogP contribution in [-0.2, 0) is 0 Å². The van der Waals surface area contributed by atoms with Gasteiger partial charge in [-0.15, -0.1) is 0 Å². The Morgan fingerprint density at radius 1 is 1.47 bits per heavy atom. The lowest BCUT2D eigenvalue weighted by Gasteiger charge is -2.15.